The van der Waals surface area contributed by atoms with Crippen LogP contribution in [0.1, 0.15) is 11.7 Å². The third-order valence-corrected chi connectivity index (χ3v) is 3.18. The first-order valence-electron chi connectivity index (χ1n) is 5.58. The average molecular weight is 248 g/mol. The molecule has 1 aromatic carbocycles. The summed E-state index contributed by atoms with van der Waals surface area (Å²) in [4.78, 5) is 11.2. The second kappa shape index (κ2) is 4.03. The SMILES string of the molecule is C=C1CO[C@H](c2ccc3c(c2)OCO3)[C@H]1C(=O)O. The Labute approximate surface area is 104 Å². The zero-order valence-corrected chi connectivity index (χ0v) is 9.59. The van der Waals surface area contributed by atoms with Crippen molar-refractivity contribution in [3.8, 4) is 11.5 Å². The molecule has 1 aromatic rings. The van der Waals surface area contributed by atoms with E-state index in [9.17, 15) is 9.90 Å². The molecule has 0 radical (unpaired) electrons. The second-order valence-electron chi connectivity index (χ2n) is 4.32. The summed E-state index contributed by atoms with van der Waals surface area (Å²) in [7, 11) is 0. The highest BCUT2D eigenvalue weighted by Gasteiger charge is 2.38. The maximum Gasteiger partial charge on any atom is 0.313 e. The molecule has 5 heteroatoms. The topological polar surface area (TPSA) is 65.0 Å². The van der Waals surface area contributed by atoms with Crippen LogP contribution < -0.4 is 9.47 Å². The summed E-state index contributed by atoms with van der Waals surface area (Å²) in [6.07, 6.45) is -0.510. The number of fused-ring (bicyclic) bond motifs is 1. The van der Waals surface area contributed by atoms with Gasteiger partial charge in [-0.1, -0.05) is 12.6 Å². The Balaban J connectivity index is 1.95. The Morgan fingerprint density at radius 3 is 2.89 bits per heavy atom. The first-order valence-corrected chi connectivity index (χ1v) is 5.58. The number of rotatable bonds is 2. The van der Waals surface area contributed by atoms with Crippen molar-refractivity contribution in [2.45, 2.75) is 6.10 Å². The van der Waals surface area contributed by atoms with E-state index in [2.05, 4.69) is 6.58 Å². The molecule has 2 aliphatic heterocycles. The first-order chi connectivity index (χ1) is 8.66. The molecule has 5 nitrogen and oxygen atoms in total. The largest absolute Gasteiger partial charge is 0.481 e. The molecule has 2 heterocycles. The predicted molar refractivity (Wildman–Crippen MR) is 61.5 cm³/mol. The van der Waals surface area contributed by atoms with Crippen LogP contribution in [-0.4, -0.2) is 24.5 Å². The van der Waals surface area contributed by atoms with E-state index < -0.39 is 18.0 Å². The van der Waals surface area contributed by atoms with E-state index in [-0.39, 0.29) is 13.4 Å². The summed E-state index contributed by atoms with van der Waals surface area (Å²) in [6, 6.07) is 5.33. The number of hydrogen-bond acceptors (Lipinski definition) is 4. The van der Waals surface area contributed by atoms with Crippen molar-refractivity contribution >= 4 is 5.97 Å². The number of hydrogen-bond donors (Lipinski definition) is 1. The minimum absolute atomic E-state index is 0.194. The number of benzene rings is 1. The van der Waals surface area contributed by atoms with Crippen LogP contribution in [0.2, 0.25) is 0 Å². The van der Waals surface area contributed by atoms with E-state index >= 15 is 0 Å². The number of carboxylic acid groups (broad SMARTS) is 1. The van der Waals surface area contributed by atoms with Crippen molar-refractivity contribution in [2.24, 2.45) is 5.92 Å². The van der Waals surface area contributed by atoms with Crippen LogP contribution in [-0.2, 0) is 9.53 Å². The fourth-order valence-electron chi connectivity index (χ4n) is 2.28. The van der Waals surface area contributed by atoms with E-state index in [1.807, 2.05) is 0 Å². The second-order valence-corrected chi connectivity index (χ2v) is 4.32. The molecule has 0 aliphatic carbocycles. The van der Waals surface area contributed by atoms with Gasteiger partial charge in [-0.15, -0.1) is 0 Å². The number of carbonyl (C=O) groups is 1. The highest BCUT2D eigenvalue weighted by atomic mass is 16.7. The lowest BCUT2D eigenvalue weighted by Crippen LogP contribution is -2.18. The molecular weight excluding hydrogens is 236 g/mol. The summed E-state index contributed by atoms with van der Waals surface area (Å²) >= 11 is 0. The Morgan fingerprint density at radius 2 is 2.11 bits per heavy atom. The van der Waals surface area contributed by atoms with Crippen molar-refractivity contribution in [3.63, 3.8) is 0 Å². The Morgan fingerprint density at radius 1 is 1.33 bits per heavy atom. The number of carboxylic acids is 1. The summed E-state index contributed by atoms with van der Waals surface area (Å²) in [6.45, 7) is 4.21. The van der Waals surface area contributed by atoms with Crippen LogP contribution in [0.15, 0.2) is 30.4 Å². The van der Waals surface area contributed by atoms with E-state index in [0.717, 1.165) is 5.56 Å². The normalized spacial score (nSPS) is 25.4. The molecule has 2 aliphatic rings. The number of ether oxygens (including phenoxy) is 3. The zero-order chi connectivity index (χ0) is 12.7. The smallest absolute Gasteiger partial charge is 0.313 e. The quantitative estimate of drug-likeness (QED) is 0.807. The highest BCUT2D eigenvalue weighted by Crippen LogP contribution is 2.41. The van der Waals surface area contributed by atoms with Gasteiger partial charge in [0.1, 0.15) is 12.0 Å². The van der Waals surface area contributed by atoms with Gasteiger partial charge in [0.15, 0.2) is 11.5 Å². The number of aliphatic carboxylic acids is 1. The van der Waals surface area contributed by atoms with Crippen LogP contribution in [0.4, 0.5) is 0 Å². The monoisotopic (exact) mass is 248 g/mol. The third kappa shape index (κ3) is 1.64. The van der Waals surface area contributed by atoms with Crippen molar-refractivity contribution in [1.29, 1.82) is 0 Å². The van der Waals surface area contributed by atoms with E-state index in [0.29, 0.717) is 17.1 Å². The fraction of sp³-hybridized carbons (Fsp3) is 0.308. The minimum atomic E-state index is -0.917. The van der Waals surface area contributed by atoms with Gasteiger partial charge in [-0.3, -0.25) is 4.79 Å². The molecule has 1 fully saturated rings. The Kier molecular flexibility index (Phi) is 2.48. The van der Waals surface area contributed by atoms with Crippen molar-refractivity contribution < 1.29 is 24.1 Å². The Hall–Kier alpha value is -2.01. The zero-order valence-electron chi connectivity index (χ0n) is 9.59. The molecule has 0 amide bonds. The molecule has 0 saturated carbocycles. The van der Waals surface area contributed by atoms with Crippen LogP contribution >= 0.6 is 0 Å². The molecule has 0 bridgehead atoms. The molecule has 94 valence electrons. The Bertz CT molecular complexity index is 522. The summed E-state index contributed by atoms with van der Waals surface area (Å²) in [5.74, 6) is -0.328. The van der Waals surface area contributed by atoms with Gasteiger partial charge in [-0.2, -0.15) is 0 Å². The van der Waals surface area contributed by atoms with Gasteiger partial charge in [0.2, 0.25) is 6.79 Å². The van der Waals surface area contributed by atoms with Gasteiger partial charge in [0, 0.05) is 0 Å². The first kappa shape index (κ1) is 11.1. The van der Waals surface area contributed by atoms with Gasteiger partial charge < -0.3 is 19.3 Å². The van der Waals surface area contributed by atoms with Crippen LogP contribution in [0.3, 0.4) is 0 Å². The lowest BCUT2D eigenvalue weighted by Gasteiger charge is -2.15. The maximum absolute atomic E-state index is 11.2. The molecule has 0 unspecified atom stereocenters. The third-order valence-electron chi connectivity index (χ3n) is 3.18. The standard InChI is InChI=1S/C13H12O5/c1-7-5-16-12(11(7)13(14)15)8-2-3-9-10(4-8)18-6-17-9/h2-4,11-12H,1,5-6H2,(H,14,15)/t11-,12+/m0/s1. The minimum Gasteiger partial charge on any atom is -0.481 e. The fourth-order valence-corrected chi connectivity index (χ4v) is 2.28. The molecule has 18 heavy (non-hydrogen) atoms. The molecule has 0 spiro atoms. The molecular formula is C13H12O5. The van der Waals surface area contributed by atoms with Gasteiger partial charge in [0.25, 0.3) is 0 Å². The van der Waals surface area contributed by atoms with E-state index in [1.54, 1.807) is 18.2 Å². The van der Waals surface area contributed by atoms with E-state index in [1.165, 1.54) is 0 Å². The van der Waals surface area contributed by atoms with E-state index in [4.69, 9.17) is 14.2 Å². The van der Waals surface area contributed by atoms with Gasteiger partial charge in [0.05, 0.1) is 6.61 Å². The lowest BCUT2D eigenvalue weighted by atomic mass is 9.92. The summed E-state index contributed by atoms with van der Waals surface area (Å²) < 4.78 is 16.0. The van der Waals surface area contributed by atoms with Gasteiger partial charge in [-0.05, 0) is 23.3 Å². The molecule has 2 atom stereocenters. The van der Waals surface area contributed by atoms with Gasteiger partial charge in [-0.25, -0.2) is 0 Å². The maximum atomic E-state index is 11.2. The average Bonchev–Trinajstić information content (AvgIpc) is 2.93. The van der Waals surface area contributed by atoms with Crippen LogP contribution in [0, 0.1) is 5.92 Å². The van der Waals surface area contributed by atoms with Crippen molar-refractivity contribution in [2.75, 3.05) is 13.4 Å². The van der Waals surface area contributed by atoms with Crippen LogP contribution in [0.25, 0.3) is 0 Å². The molecule has 1 N–H and O–H groups in total. The predicted octanol–water partition coefficient (Wildman–Crippen LogP) is 1.74. The van der Waals surface area contributed by atoms with Crippen molar-refractivity contribution in [3.05, 3.63) is 35.9 Å². The summed E-state index contributed by atoms with van der Waals surface area (Å²) in [5.41, 5.74) is 1.36. The molecule has 0 aromatic heterocycles. The van der Waals surface area contributed by atoms with Gasteiger partial charge >= 0.3 is 5.97 Å². The highest BCUT2D eigenvalue weighted by molar-refractivity contribution is 5.75. The van der Waals surface area contributed by atoms with Crippen molar-refractivity contribution in [1.82, 2.24) is 0 Å². The molecule has 3 rings (SSSR count). The van der Waals surface area contributed by atoms with Crippen LogP contribution in [0.5, 0.6) is 11.5 Å². The molecule has 1 saturated heterocycles. The summed E-state index contributed by atoms with van der Waals surface area (Å²) in [5, 5.41) is 9.21. The lowest BCUT2D eigenvalue weighted by molar-refractivity contribution is -0.142.